The standard InChI is InChI=1S/C14H12ClNO3S3/c15-13-5-6-14(21-13)22(18,19)16-7-11(17)10-8-20-12-4-2-1-3-9(10)12/h1-6,8,11,16-17H,7H2. The smallest absolute Gasteiger partial charge is 0.250 e. The SMILES string of the molecule is O=S(=O)(NCC(O)c1csc2ccccc12)c1ccc(Cl)s1. The van der Waals surface area contributed by atoms with Gasteiger partial charge in [-0.1, -0.05) is 29.8 Å². The van der Waals surface area contributed by atoms with Crippen molar-refractivity contribution in [1.29, 1.82) is 0 Å². The van der Waals surface area contributed by atoms with Crippen LogP contribution in [0.1, 0.15) is 11.7 Å². The van der Waals surface area contributed by atoms with Gasteiger partial charge in [-0.05, 0) is 29.0 Å². The van der Waals surface area contributed by atoms with Gasteiger partial charge in [0.1, 0.15) is 4.21 Å². The molecule has 0 aliphatic carbocycles. The van der Waals surface area contributed by atoms with E-state index in [1.165, 1.54) is 23.5 Å². The molecule has 8 heteroatoms. The molecule has 0 fully saturated rings. The van der Waals surface area contributed by atoms with E-state index in [0.29, 0.717) is 4.34 Å². The van der Waals surface area contributed by atoms with Crippen molar-refractivity contribution in [3.8, 4) is 0 Å². The molecule has 116 valence electrons. The minimum Gasteiger partial charge on any atom is -0.387 e. The highest BCUT2D eigenvalue weighted by Crippen LogP contribution is 2.30. The van der Waals surface area contributed by atoms with Crippen LogP contribution in [0.3, 0.4) is 0 Å². The van der Waals surface area contributed by atoms with Crippen LogP contribution in [0, 0.1) is 0 Å². The van der Waals surface area contributed by atoms with Gasteiger partial charge in [-0.25, -0.2) is 13.1 Å². The molecule has 3 aromatic rings. The lowest BCUT2D eigenvalue weighted by molar-refractivity contribution is 0.184. The van der Waals surface area contributed by atoms with Crippen LogP contribution in [0.4, 0.5) is 0 Å². The largest absolute Gasteiger partial charge is 0.387 e. The number of benzene rings is 1. The molecule has 1 atom stereocenters. The molecular weight excluding hydrogens is 362 g/mol. The van der Waals surface area contributed by atoms with Gasteiger partial charge in [0.15, 0.2) is 0 Å². The Morgan fingerprint density at radius 2 is 2.00 bits per heavy atom. The van der Waals surface area contributed by atoms with Crippen molar-refractivity contribution in [2.24, 2.45) is 0 Å². The Bertz CT molecular complexity index is 901. The zero-order chi connectivity index (χ0) is 15.7. The number of sulfonamides is 1. The third-order valence-electron chi connectivity index (χ3n) is 3.15. The lowest BCUT2D eigenvalue weighted by Gasteiger charge is -2.11. The Balaban J connectivity index is 1.76. The van der Waals surface area contributed by atoms with E-state index in [4.69, 9.17) is 11.6 Å². The predicted octanol–water partition coefficient (Wildman–Crippen LogP) is 3.63. The first-order chi connectivity index (χ1) is 10.5. The summed E-state index contributed by atoms with van der Waals surface area (Å²) in [5.74, 6) is 0. The van der Waals surface area contributed by atoms with E-state index in [1.807, 2.05) is 29.6 Å². The summed E-state index contributed by atoms with van der Waals surface area (Å²) in [5.41, 5.74) is 0.729. The molecule has 3 rings (SSSR count). The van der Waals surface area contributed by atoms with Crippen molar-refractivity contribution in [3.63, 3.8) is 0 Å². The van der Waals surface area contributed by atoms with Gasteiger partial charge < -0.3 is 5.11 Å². The lowest BCUT2D eigenvalue weighted by atomic mass is 10.1. The Morgan fingerprint density at radius 3 is 2.73 bits per heavy atom. The fourth-order valence-electron chi connectivity index (χ4n) is 2.07. The number of halogens is 1. The number of fused-ring (bicyclic) bond motifs is 1. The Kier molecular flexibility index (Phi) is 4.54. The normalized spacial score (nSPS) is 13.5. The van der Waals surface area contributed by atoms with Gasteiger partial charge in [-0.2, -0.15) is 0 Å². The number of rotatable bonds is 5. The molecule has 4 nitrogen and oxygen atoms in total. The first-order valence-electron chi connectivity index (χ1n) is 6.36. The van der Waals surface area contributed by atoms with Crippen molar-refractivity contribution in [1.82, 2.24) is 4.72 Å². The van der Waals surface area contributed by atoms with Gasteiger partial charge in [0.05, 0.1) is 10.4 Å². The molecule has 1 unspecified atom stereocenters. The first kappa shape index (κ1) is 15.9. The number of thiophene rings is 2. The van der Waals surface area contributed by atoms with Crippen molar-refractivity contribution in [2.75, 3.05) is 6.54 Å². The van der Waals surface area contributed by atoms with Crippen LogP contribution in [0.25, 0.3) is 10.1 Å². The highest BCUT2D eigenvalue weighted by atomic mass is 35.5. The maximum absolute atomic E-state index is 12.1. The van der Waals surface area contributed by atoms with E-state index in [9.17, 15) is 13.5 Å². The van der Waals surface area contributed by atoms with E-state index in [0.717, 1.165) is 27.0 Å². The van der Waals surface area contributed by atoms with Crippen LogP contribution in [0.5, 0.6) is 0 Å². The summed E-state index contributed by atoms with van der Waals surface area (Å²) in [4.78, 5) is 0. The van der Waals surface area contributed by atoms with E-state index >= 15 is 0 Å². The fourth-order valence-corrected chi connectivity index (χ4v) is 5.64. The topological polar surface area (TPSA) is 66.4 Å². The summed E-state index contributed by atoms with van der Waals surface area (Å²) >= 11 is 8.26. The average molecular weight is 374 g/mol. The molecule has 0 bridgehead atoms. The highest BCUT2D eigenvalue weighted by molar-refractivity contribution is 7.91. The maximum atomic E-state index is 12.1. The van der Waals surface area contributed by atoms with E-state index in [-0.39, 0.29) is 10.8 Å². The molecule has 2 N–H and O–H groups in total. The molecule has 2 heterocycles. The first-order valence-corrected chi connectivity index (χ1v) is 9.92. The van der Waals surface area contributed by atoms with Gasteiger partial charge in [0, 0.05) is 16.8 Å². The number of nitrogens with one attached hydrogen (secondary N) is 1. The van der Waals surface area contributed by atoms with Gasteiger partial charge in [-0.3, -0.25) is 0 Å². The Labute approximate surface area is 141 Å². The van der Waals surface area contributed by atoms with E-state index < -0.39 is 16.1 Å². The van der Waals surface area contributed by atoms with Crippen LogP contribution < -0.4 is 4.72 Å². The highest BCUT2D eigenvalue weighted by Gasteiger charge is 2.20. The monoisotopic (exact) mass is 373 g/mol. The summed E-state index contributed by atoms with van der Waals surface area (Å²) in [6.07, 6.45) is -0.902. The summed E-state index contributed by atoms with van der Waals surface area (Å²) in [5, 5.41) is 13.1. The number of aliphatic hydroxyl groups is 1. The quantitative estimate of drug-likeness (QED) is 0.717. The number of hydrogen-bond acceptors (Lipinski definition) is 5. The van der Waals surface area contributed by atoms with Crippen LogP contribution >= 0.6 is 34.3 Å². The lowest BCUT2D eigenvalue weighted by Crippen LogP contribution is -2.27. The molecule has 0 radical (unpaired) electrons. The van der Waals surface area contributed by atoms with Gasteiger partial charge in [0.2, 0.25) is 10.0 Å². The predicted molar refractivity (Wildman–Crippen MR) is 91.3 cm³/mol. The Hall–Kier alpha value is -0.960. The summed E-state index contributed by atoms with van der Waals surface area (Å²) in [6, 6.07) is 10.7. The second-order valence-electron chi connectivity index (χ2n) is 4.61. The zero-order valence-corrected chi connectivity index (χ0v) is 14.4. The number of hydrogen-bond donors (Lipinski definition) is 2. The van der Waals surface area contributed by atoms with Gasteiger partial charge in [0.25, 0.3) is 0 Å². The third kappa shape index (κ3) is 3.19. The Morgan fingerprint density at radius 1 is 1.23 bits per heavy atom. The molecule has 0 aliphatic rings. The zero-order valence-electron chi connectivity index (χ0n) is 11.2. The molecule has 0 amide bonds. The minimum absolute atomic E-state index is 0.0847. The minimum atomic E-state index is -3.65. The summed E-state index contributed by atoms with van der Waals surface area (Å²) in [6.45, 7) is -0.0847. The van der Waals surface area contributed by atoms with Crippen LogP contribution in [-0.4, -0.2) is 20.1 Å². The van der Waals surface area contributed by atoms with Gasteiger partial charge >= 0.3 is 0 Å². The van der Waals surface area contributed by atoms with Crippen molar-refractivity contribution < 1.29 is 13.5 Å². The second-order valence-corrected chi connectivity index (χ2v) is 9.23. The molecule has 0 saturated carbocycles. The van der Waals surface area contributed by atoms with E-state index in [1.54, 1.807) is 0 Å². The van der Waals surface area contributed by atoms with Crippen molar-refractivity contribution >= 4 is 54.4 Å². The molecular formula is C14H12ClNO3S3. The molecule has 0 spiro atoms. The van der Waals surface area contributed by atoms with Crippen molar-refractivity contribution in [2.45, 2.75) is 10.3 Å². The summed E-state index contributed by atoms with van der Waals surface area (Å²) in [7, 11) is -3.65. The summed E-state index contributed by atoms with van der Waals surface area (Å²) < 4.78 is 28.3. The van der Waals surface area contributed by atoms with Crippen LogP contribution in [0.15, 0.2) is 46.0 Å². The molecule has 1 aromatic carbocycles. The molecule has 22 heavy (non-hydrogen) atoms. The van der Waals surface area contributed by atoms with Crippen molar-refractivity contribution in [3.05, 3.63) is 51.7 Å². The second kappa shape index (κ2) is 6.27. The van der Waals surface area contributed by atoms with Crippen LogP contribution in [0.2, 0.25) is 4.34 Å². The average Bonchev–Trinajstić information content (AvgIpc) is 3.11. The van der Waals surface area contributed by atoms with E-state index in [2.05, 4.69) is 4.72 Å². The molecule has 0 aliphatic heterocycles. The number of aliphatic hydroxyl groups excluding tert-OH is 1. The fraction of sp³-hybridized carbons (Fsp3) is 0.143. The maximum Gasteiger partial charge on any atom is 0.250 e. The van der Waals surface area contributed by atoms with Gasteiger partial charge in [-0.15, -0.1) is 22.7 Å². The third-order valence-corrected chi connectivity index (χ3v) is 7.28. The molecule has 2 aromatic heterocycles. The molecule has 0 saturated heterocycles. The van der Waals surface area contributed by atoms with Crippen LogP contribution in [-0.2, 0) is 10.0 Å².